The Morgan fingerprint density at radius 3 is 2.24 bits per heavy atom. The summed E-state index contributed by atoms with van der Waals surface area (Å²) in [6, 6.07) is 27.5. The Kier molecular flexibility index (Phi) is 6.86. The summed E-state index contributed by atoms with van der Waals surface area (Å²) >= 11 is 6.73. The van der Waals surface area contributed by atoms with Crippen LogP contribution in [-0.4, -0.2) is 46.0 Å². The van der Waals surface area contributed by atoms with E-state index in [1.54, 1.807) is 0 Å². The number of rotatable bonds is 5. The van der Waals surface area contributed by atoms with Gasteiger partial charge in [-0.2, -0.15) is 0 Å². The van der Waals surface area contributed by atoms with Crippen LogP contribution in [-0.2, 0) is 13.0 Å². The number of nitrogens with zero attached hydrogens (tertiary/aromatic N) is 3. The maximum absolute atomic E-state index is 14.1. The van der Waals surface area contributed by atoms with E-state index in [9.17, 15) is 4.79 Å². The first-order chi connectivity index (χ1) is 18.5. The van der Waals surface area contributed by atoms with Crippen LogP contribution in [0.25, 0.3) is 16.9 Å². The molecule has 0 unspecified atom stereocenters. The van der Waals surface area contributed by atoms with Gasteiger partial charge in [0.2, 0.25) is 0 Å². The number of aryl methyl sites for hydroxylation is 1. The molecule has 1 saturated heterocycles. The van der Waals surface area contributed by atoms with Gasteiger partial charge in [0.05, 0.1) is 22.0 Å². The molecule has 1 amide bonds. The zero-order valence-electron chi connectivity index (χ0n) is 22.2. The lowest BCUT2D eigenvalue weighted by Crippen LogP contribution is -2.49. The summed E-state index contributed by atoms with van der Waals surface area (Å²) < 4.78 is 2.25. The molecule has 4 aromatic rings. The first kappa shape index (κ1) is 25.0. The summed E-state index contributed by atoms with van der Waals surface area (Å²) in [5.74, 6) is 0.171. The van der Waals surface area contributed by atoms with Crippen molar-refractivity contribution >= 4 is 17.5 Å². The van der Waals surface area contributed by atoms with Gasteiger partial charge in [-0.05, 0) is 55.5 Å². The van der Waals surface area contributed by atoms with Crippen LogP contribution in [0.3, 0.4) is 0 Å². The summed E-state index contributed by atoms with van der Waals surface area (Å²) in [5, 5.41) is 0.694. The highest BCUT2D eigenvalue weighted by molar-refractivity contribution is 6.32. The molecule has 0 aliphatic carbocycles. The predicted octanol–water partition coefficient (Wildman–Crippen LogP) is 7.08. The van der Waals surface area contributed by atoms with E-state index in [0.717, 1.165) is 79.2 Å². The van der Waals surface area contributed by atoms with Crippen LogP contribution < -0.4 is 0 Å². The van der Waals surface area contributed by atoms with Crippen LogP contribution in [0.2, 0.25) is 5.02 Å². The standard InChI is InChI=1S/C33H34ClN3O/c1-23-12-14-26(15-13-23)32-24(2)31-30(37(32)29-11-7-6-10-28(29)34)18-21-36(33(31)38)27-16-19-35(20-17-27)22-25-8-4-3-5-9-25/h3-15,27H,16-22H2,1-2H3. The molecule has 1 aromatic heterocycles. The number of carbonyl (C=O) groups excluding carboxylic acids is 1. The Balaban J connectivity index is 1.31. The van der Waals surface area contributed by atoms with Crippen LogP contribution in [0.5, 0.6) is 0 Å². The number of carbonyl (C=O) groups is 1. The highest BCUT2D eigenvalue weighted by Gasteiger charge is 2.37. The Bertz CT molecular complexity index is 1450. The third-order valence-corrected chi connectivity index (χ3v) is 8.56. The average molecular weight is 524 g/mol. The van der Waals surface area contributed by atoms with E-state index in [2.05, 4.69) is 88.9 Å². The molecule has 1 fully saturated rings. The largest absolute Gasteiger partial charge is 0.335 e. The van der Waals surface area contributed by atoms with Gasteiger partial charge in [-0.3, -0.25) is 9.69 Å². The van der Waals surface area contributed by atoms with E-state index in [1.165, 1.54) is 11.1 Å². The molecule has 38 heavy (non-hydrogen) atoms. The number of hydrogen-bond acceptors (Lipinski definition) is 2. The highest BCUT2D eigenvalue weighted by Crippen LogP contribution is 2.39. The van der Waals surface area contributed by atoms with Gasteiger partial charge < -0.3 is 9.47 Å². The molecule has 194 valence electrons. The number of para-hydroxylation sites is 1. The monoisotopic (exact) mass is 523 g/mol. The Hall–Kier alpha value is -3.34. The van der Waals surface area contributed by atoms with Gasteiger partial charge in [0.15, 0.2) is 0 Å². The minimum absolute atomic E-state index is 0.171. The van der Waals surface area contributed by atoms with Crippen molar-refractivity contribution < 1.29 is 4.79 Å². The molecule has 6 rings (SSSR count). The normalized spacial score (nSPS) is 16.6. The molecular formula is C33H34ClN3O. The van der Waals surface area contributed by atoms with E-state index in [-0.39, 0.29) is 11.9 Å². The summed E-state index contributed by atoms with van der Waals surface area (Å²) in [4.78, 5) is 18.8. The first-order valence-corrected chi connectivity index (χ1v) is 14.0. The van der Waals surface area contributed by atoms with Crippen molar-refractivity contribution in [1.82, 2.24) is 14.4 Å². The molecule has 0 N–H and O–H groups in total. The van der Waals surface area contributed by atoms with Gasteiger partial charge in [0.25, 0.3) is 5.91 Å². The Labute approximate surface area is 230 Å². The second kappa shape index (κ2) is 10.4. The zero-order chi connectivity index (χ0) is 26.2. The molecule has 4 nitrogen and oxygen atoms in total. The summed E-state index contributed by atoms with van der Waals surface area (Å²) in [6.45, 7) is 7.96. The summed E-state index contributed by atoms with van der Waals surface area (Å²) in [7, 11) is 0. The van der Waals surface area contributed by atoms with Crippen LogP contribution in [0.1, 0.15) is 45.6 Å². The summed E-state index contributed by atoms with van der Waals surface area (Å²) in [5.41, 5.74) is 8.65. The number of aromatic nitrogens is 1. The molecule has 0 saturated carbocycles. The van der Waals surface area contributed by atoms with Crippen molar-refractivity contribution in [2.75, 3.05) is 19.6 Å². The number of likely N-dealkylation sites (tertiary alicyclic amines) is 1. The third kappa shape index (κ3) is 4.57. The number of benzene rings is 3. The highest BCUT2D eigenvalue weighted by atomic mass is 35.5. The van der Waals surface area contributed by atoms with Crippen molar-refractivity contribution in [3.63, 3.8) is 0 Å². The lowest BCUT2D eigenvalue weighted by atomic mass is 9.96. The van der Waals surface area contributed by atoms with Crippen LogP contribution in [0.15, 0.2) is 78.9 Å². The molecular weight excluding hydrogens is 490 g/mol. The van der Waals surface area contributed by atoms with E-state index < -0.39 is 0 Å². The van der Waals surface area contributed by atoms with Gasteiger partial charge in [0, 0.05) is 44.3 Å². The molecule has 0 bridgehead atoms. The molecule has 3 heterocycles. The minimum atomic E-state index is 0.171. The van der Waals surface area contributed by atoms with Crippen LogP contribution >= 0.6 is 11.6 Å². The fraction of sp³-hybridized carbons (Fsp3) is 0.303. The van der Waals surface area contributed by atoms with Crippen LogP contribution in [0.4, 0.5) is 0 Å². The van der Waals surface area contributed by atoms with Crippen molar-refractivity contribution in [3.05, 3.63) is 112 Å². The van der Waals surface area contributed by atoms with E-state index in [4.69, 9.17) is 11.6 Å². The van der Waals surface area contributed by atoms with Crippen LogP contribution in [0, 0.1) is 13.8 Å². The van der Waals surface area contributed by atoms with E-state index in [1.807, 2.05) is 18.2 Å². The number of fused-ring (bicyclic) bond motifs is 1. The number of piperidine rings is 1. The average Bonchev–Trinajstić information content (AvgIpc) is 3.23. The SMILES string of the molecule is Cc1ccc(-c2c(C)c3c(n2-c2ccccc2Cl)CCN(C2CCN(Cc4ccccc4)CC2)C3=O)cc1. The number of amides is 1. The molecule has 0 atom stereocenters. The van der Waals surface area contributed by atoms with E-state index in [0.29, 0.717) is 5.02 Å². The molecule has 3 aromatic carbocycles. The second-order valence-corrected chi connectivity index (χ2v) is 11.1. The molecule has 0 radical (unpaired) electrons. The predicted molar refractivity (Wildman–Crippen MR) is 155 cm³/mol. The Morgan fingerprint density at radius 2 is 1.53 bits per heavy atom. The maximum atomic E-state index is 14.1. The summed E-state index contributed by atoms with van der Waals surface area (Å²) in [6.07, 6.45) is 2.86. The van der Waals surface area contributed by atoms with Crippen molar-refractivity contribution in [3.8, 4) is 16.9 Å². The van der Waals surface area contributed by atoms with Crippen molar-refractivity contribution in [2.24, 2.45) is 0 Å². The molecule has 2 aliphatic heterocycles. The van der Waals surface area contributed by atoms with E-state index >= 15 is 0 Å². The fourth-order valence-electron chi connectivity index (χ4n) is 6.28. The Morgan fingerprint density at radius 1 is 0.842 bits per heavy atom. The quantitative estimate of drug-likeness (QED) is 0.279. The lowest BCUT2D eigenvalue weighted by molar-refractivity contribution is 0.0544. The topological polar surface area (TPSA) is 28.5 Å². The van der Waals surface area contributed by atoms with Gasteiger partial charge in [-0.1, -0.05) is 83.9 Å². The van der Waals surface area contributed by atoms with Gasteiger partial charge in [0.1, 0.15) is 0 Å². The fourth-order valence-corrected chi connectivity index (χ4v) is 6.50. The second-order valence-electron chi connectivity index (χ2n) is 10.7. The molecule has 0 spiro atoms. The number of hydrogen-bond donors (Lipinski definition) is 0. The van der Waals surface area contributed by atoms with Crippen molar-refractivity contribution in [2.45, 2.75) is 45.7 Å². The molecule has 5 heteroatoms. The van der Waals surface area contributed by atoms with Gasteiger partial charge in [-0.15, -0.1) is 0 Å². The number of halogens is 1. The molecule has 2 aliphatic rings. The maximum Gasteiger partial charge on any atom is 0.256 e. The first-order valence-electron chi connectivity index (χ1n) is 13.6. The lowest BCUT2D eigenvalue weighted by Gasteiger charge is -2.40. The smallest absolute Gasteiger partial charge is 0.256 e. The zero-order valence-corrected chi connectivity index (χ0v) is 22.9. The van der Waals surface area contributed by atoms with Crippen molar-refractivity contribution in [1.29, 1.82) is 0 Å². The van der Waals surface area contributed by atoms with Gasteiger partial charge in [-0.25, -0.2) is 0 Å². The minimum Gasteiger partial charge on any atom is -0.335 e. The van der Waals surface area contributed by atoms with Gasteiger partial charge >= 0.3 is 0 Å². The third-order valence-electron chi connectivity index (χ3n) is 8.24.